The van der Waals surface area contributed by atoms with Crippen LogP contribution in [0.2, 0.25) is 0 Å². The number of rotatable bonds is 4. The van der Waals surface area contributed by atoms with E-state index in [1.165, 1.54) is 16.9 Å². The number of hydrogen-bond donors (Lipinski definition) is 0. The van der Waals surface area contributed by atoms with Crippen molar-refractivity contribution in [1.82, 2.24) is 9.72 Å². The molecule has 0 aliphatic rings. The average Bonchev–Trinajstić information content (AvgIpc) is 3.08. The maximum atomic E-state index is 12.3. The number of ether oxygens (including phenoxy) is 1. The van der Waals surface area contributed by atoms with E-state index in [4.69, 9.17) is 9.26 Å². The lowest BCUT2D eigenvalue weighted by molar-refractivity contribution is 0.0988. The molecule has 2 aromatic heterocycles. The minimum absolute atomic E-state index is 0.217. The van der Waals surface area contributed by atoms with E-state index in [0.717, 1.165) is 10.2 Å². The van der Waals surface area contributed by atoms with Gasteiger partial charge in [0.25, 0.3) is 0 Å². The molecule has 3 rings (SSSR count). The molecular weight excluding hydrogens is 314 g/mol. The zero-order valence-corrected chi connectivity index (χ0v) is 14.0. The second-order valence-electron chi connectivity index (χ2n) is 5.24. The van der Waals surface area contributed by atoms with E-state index in [2.05, 4.69) is 16.2 Å². The summed E-state index contributed by atoms with van der Waals surface area (Å²) < 4.78 is 13.2. The van der Waals surface area contributed by atoms with Crippen molar-refractivity contribution in [2.45, 2.75) is 20.4 Å². The van der Waals surface area contributed by atoms with Crippen molar-refractivity contribution >= 4 is 27.5 Å². The number of aryl methyl sites for hydroxylation is 2. The van der Waals surface area contributed by atoms with Gasteiger partial charge < -0.3 is 13.8 Å². The summed E-state index contributed by atoms with van der Waals surface area (Å²) in [4.78, 5) is 17.1. The summed E-state index contributed by atoms with van der Waals surface area (Å²) in [5.41, 5.74) is 2.43. The molecule has 7 heteroatoms. The number of carbonyl (C=O) groups excluding carboxylic acids is 1. The van der Waals surface area contributed by atoms with Gasteiger partial charge in [-0.15, -0.1) is 0 Å². The first kappa shape index (κ1) is 15.6. The largest absolute Gasteiger partial charge is 0.383 e. The van der Waals surface area contributed by atoms with Crippen LogP contribution in [-0.4, -0.2) is 29.3 Å². The third-order valence-electron chi connectivity index (χ3n) is 3.40. The highest BCUT2D eigenvalue weighted by atomic mass is 32.1. The lowest BCUT2D eigenvalue weighted by Crippen LogP contribution is -2.19. The summed E-state index contributed by atoms with van der Waals surface area (Å²) in [7, 11) is 1.65. The molecule has 0 saturated carbocycles. The van der Waals surface area contributed by atoms with E-state index in [9.17, 15) is 4.79 Å². The Morgan fingerprint density at radius 3 is 2.91 bits per heavy atom. The number of amides is 1. The van der Waals surface area contributed by atoms with Crippen LogP contribution < -0.4 is 4.80 Å². The Kier molecular flexibility index (Phi) is 4.40. The summed E-state index contributed by atoms with van der Waals surface area (Å²) in [5.74, 6) is 0.180. The van der Waals surface area contributed by atoms with Gasteiger partial charge in [-0.3, -0.25) is 4.79 Å². The molecule has 120 valence electrons. The Labute approximate surface area is 137 Å². The van der Waals surface area contributed by atoms with Crippen LogP contribution in [-0.2, 0) is 11.3 Å². The predicted molar refractivity (Wildman–Crippen MR) is 87.6 cm³/mol. The molecule has 1 amide bonds. The average molecular weight is 331 g/mol. The quantitative estimate of drug-likeness (QED) is 0.737. The monoisotopic (exact) mass is 331 g/mol. The highest BCUT2D eigenvalue weighted by molar-refractivity contribution is 7.16. The molecule has 0 aliphatic carbocycles. The number of thiazole rings is 1. The van der Waals surface area contributed by atoms with E-state index in [0.29, 0.717) is 23.7 Å². The van der Waals surface area contributed by atoms with Gasteiger partial charge in [0, 0.05) is 19.7 Å². The Balaban J connectivity index is 2.11. The summed E-state index contributed by atoms with van der Waals surface area (Å²) in [5, 5.41) is 3.72. The molecule has 0 unspecified atom stereocenters. The third kappa shape index (κ3) is 3.25. The van der Waals surface area contributed by atoms with Crippen molar-refractivity contribution in [3.05, 3.63) is 46.1 Å². The topological polar surface area (TPSA) is 69.6 Å². The van der Waals surface area contributed by atoms with Gasteiger partial charge in [-0.2, -0.15) is 4.99 Å². The molecule has 0 bridgehead atoms. The maximum absolute atomic E-state index is 12.3. The Morgan fingerprint density at radius 1 is 1.39 bits per heavy atom. The number of carbonyl (C=O) groups is 1. The number of methoxy groups -OCH3 is 1. The lowest BCUT2D eigenvalue weighted by Gasteiger charge is -2.04. The molecule has 2 heterocycles. The highest BCUT2D eigenvalue weighted by Crippen LogP contribution is 2.19. The number of aromatic nitrogens is 2. The first-order chi connectivity index (χ1) is 11.1. The maximum Gasteiger partial charge on any atom is 0.301 e. The molecule has 0 atom stereocenters. The first-order valence-corrected chi connectivity index (χ1v) is 8.01. The van der Waals surface area contributed by atoms with E-state index in [1.807, 2.05) is 23.6 Å². The fourth-order valence-corrected chi connectivity index (χ4v) is 3.43. The zero-order chi connectivity index (χ0) is 16.4. The summed E-state index contributed by atoms with van der Waals surface area (Å²) in [6.45, 7) is 4.96. The van der Waals surface area contributed by atoms with Crippen LogP contribution in [0.25, 0.3) is 10.2 Å². The number of hydrogen-bond acceptors (Lipinski definition) is 5. The van der Waals surface area contributed by atoms with Crippen molar-refractivity contribution in [2.24, 2.45) is 4.99 Å². The van der Waals surface area contributed by atoms with Gasteiger partial charge in [-0.05, 0) is 31.5 Å². The van der Waals surface area contributed by atoms with Crippen molar-refractivity contribution in [3.63, 3.8) is 0 Å². The van der Waals surface area contributed by atoms with E-state index < -0.39 is 5.91 Å². The van der Waals surface area contributed by atoms with Crippen LogP contribution in [0.4, 0.5) is 0 Å². The van der Waals surface area contributed by atoms with Crippen molar-refractivity contribution in [1.29, 1.82) is 0 Å². The van der Waals surface area contributed by atoms with Gasteiger partial charge in [-0.1, -0.05) is 22.6 Å². The number of benzene rings is 1. The second-order valence-corrected chi connectivity index (χ2v) is 6.25. The fourth-order valence-electron chi connectivity index (χ4n) is 2.28. The molecule has 23 heavy (non-hydrogen) atoms. The third-order valence-corrected chi connectivity index (χ3v) is 4.44. The van der Waals surface area contributed by atoms with Crippen LogP contribution in [0.15, 0.2) is 33.8 Å². The highest BCUT2D eigenvalue weighted by Gasteiger charge is 2.12. The number of nitrogens with zero attached hydrogens (tertiary/aromatic N) is 3. The van der Waals surface area contributed by atoms with Crippen molar-refractivity contribution < 1.29 is 14.1 Å². The minimum atomic E-state index is -0.406. The van der Waals surface area contributed by atoms with Gasteiger partial charge in [-0.25, -0.2) is 0 Å². The van der Waals surface area contributed by atoms with Gasteiger partial charge in [0.05, 0.1) is 16.8 Å². The second kappa shape index (κ2) is 6.47. The SMILES string of the molecule is COCCn1c(=NC(=O)c2cc(C)on2)sc2cc(C)ccc21. The Bertz CT molecular complexity index is 920. The fraction of sp³-hybridized carbons (Fsp3) is 0.312. The minimum Gasteiger partial charge on any atom is -0.383 e. The molecular formula is C16H17N3O3S. The smallest absolute Gasteiger partial charge is 0.301 e. The lowest BCUT2D eigenvalue weighted by atomic mass is 10.2. The summed E-state index contributed by atoms with van der Waals surface area (Å²) in [6.07, 6.45) is 0. The first-order valence-electron chi connectivity index (χ1n) is 7.20. The van der Waals surface area contributed by atoms with Crippen LogP contribution >= 0.6 is 11.3 Å². The van der Waals surface area contributed by atoms with Crippen molar-refractivity contribution in [2.75, 3.05) is 13.7 Å². The predicted octanol–water partition coefficient (Wildman–Crippen LogP) is 2.70. The Morgan fingerprint density at radius 2 is 2.22 bits per heavy atom. The van der Waals surface area contributed by atoms with Crippen LogP contribution in [0.3, 0.4) is 0 Å². The van der Waals surface area contributed by atoms with Gasteiger partial charge >= 0.3 is 5.91 Å². The van der Waals surface area contributed by atoms with Gasteiger partial charge in [0.2, 0.25) is 0 Å². The van der Waals surface area contributed by atoms with Crippen LogP contribution in [0, 0.1) is 13.8 Å². The van der Waals surface area contributed by atoms with Crippen LogP contribution in [0.1, 0.15) is 21.8 Å². The van der Waals surface area contributed by atoms with E-state index in [1.54, 1.807) is 20.1 Å². The van der Waals surface area contributed by atoms with Gasteiger partial charge in [0.15, 0.2) is 10.5 Å². The molecule has 1 aromatic carbocycles. The molecule has 0 aliphatic heterocycles. The normalized spacial score (nSPS) is 12.2. The summed E-state index contributed by atoms with van der Waals surface area (Å²) >= 11 is 1.48. The summed E-state index contributed by atoms with van der Waals surface area (Å²) in [6, 6.07) is 7.77. The molecule has 0 radical (unpaired) electrons. The molecule has 0 saturated heterocycles. The van der Waals surface area contributed by atoms with Crippen LogP contribution in [0.5, 0.6) is 0 Å². The van der Waals surface area contributed by atoms with E-state index in [-0.39, 0.29) is 5.69 Å². The van der Waals surface area contributed by atoms with Crippen molar-refractivity contribution in [3.8, 4) is 0 Å². The van der Waals surface area contributed by atoms with Gasteiger partial charge in [0.1, 0.15) is 5.76 Å². The zero-order valence-electron chi connectivity index (χ0n) is 13.2. The molecule has 0 spiro atoms. The molecule has 3 aromatic rings. The molecule has 0 N–H and O–H groups in total. The number of fused-ring (bicyclic) bond motifs is 1. The molecule has 0 fully saturated rings. The Hall–Kier alpha value is -2.25. The standard InChI is InChI=1S/C16H17N3O3S/c1-10-4-5-13-14(8-10)23-16(19(13)6-7-21-3)17-15(20)12-9-11(2)22-18-12/h4-5,8-9H,6-7H2,1-3H3. The van der Waals surface area contributed by atoms with E-state index >= 15 is 0 Å². The molecule has 6 nitrogen and oxygen atoms in total.